The summed E-state index contributed by atoms with van der Waals surface area (Å²) in [5.74, 6) is 0.535. The van der Waals surface area contributed by atoms with Gasteiger partial charge in [0.1, 0.15) is 0 Å². The van der Waals surface area contributed by atoms with Gasteiger partial charge < -0.3 is 0 Å². The summed E-state index contributed by atoms with van der Waals surface area (Å²) < 4.78 is 11.3. The van der Waals surface area contributed by atoms with E-state index in [4.69, 9.17) is 0 Å². The monoisotopic (exact) mass is 108 g/mol. The molecule has 0 N–H and O–H groups in total. The highest BCUT2D eigenvalue weighted by molar-refractivity contribution is 7.31. The Kier molecular flexibility index (Phi) is 3.76. The molecule has 0 nitrogen and oxygen atoms in total. The fourth-order valence-electron chi connectivity index (χ4n) is 0.154. The van der Waals surface area contributed by atoms with E-state index in [0.717, 1.165) is 6.16 Å². The quantitative estimate of drug-likeness (QED) is 0.476. The second kappa shape index (κ2) is 3.55. The van der Waals surface area contributed by atoms with E-state index in [0.29, 0.717) is 5.92 Å². The van der Waals surface area contributed by atoms with Crippen molar-refractivity contribution >= 4 is 8.89 Å². The van der Waals surface area contributed by atoms with E-state index in [1.54, 1.807) is 0 Å². The van der Waals surface area contributed by atoms with Crippen molar-refractivity contribution in [3.05, 3.63) is 0 Å². The minimum absolute atomic E-state index is 0.362. The molecule has 0 rings (SSSR count). The molecule has 0 radical (unpaired) electrons. The molecule has 0 aromatic heterocycles. The van der Waals surface area contributed by atoms with E-state index in [2.05, 4.69) is 0 Å². The van der Waals surface area contributed by atoms with Crippen LogP contribution in [0.2, 0.25) is 0 Å². The highest BCUT2D eigenvalue weighted by atomic mass is 31.1. The van der Waals surface area contributed by atoms with E-state index in [-0.39, 0.29) is 8.89 Å². The molecule has 6 heavy (non-hydrogen) atoms. The summed E-state index contributed by atoms with van der Waals surface area (Å²) in [4.78, 5) is 0. The van der Waals surface area contributed by atoms with Crippen LogP contribution >= 0.6 is 8.89 Å². The SMILES string of the molecule is CC(C)CPF. The van der Waals surface area contributed by atoms with Crippen LogP contribution in [0.5, 0.6) is 0 Å². The molecule has 2 heteroatoms. The van der Waals surface area contributed by atoms with Gasteiger partial charge in [-0.15, -0.1) is 0 Å². The highest BCUT2D eigenvalue weighted by Crippen LogP contribution is 2.14. The van der Waals surface area contributed by atoms with Crippen molar-refractivity contribution in [3.8, 4) is 0 Å². The maximum atomic E-state index is 11.3. The number of halogens is 1. The molecule has 0 spiro atoms. The third kappa shape index (κ3) is 4.36. The molecule has 0 aliphatic heterocycles. The van der Waals surface area contributed by atoms with Gasteiger partial charge in [0.25, 0.3) is 0 Å². The Morgan fingerprint density at radius 3 is 2.17 bits per heavy atom. The third-order valence-electron chi connectivity index (χ3n) is 0.485. The number of rotatable bonds is 2. The van der Waals surface area contributed by atoms with Gasteiger partial charge in [-0.3, -0.25) is 0 Å². The minimum atomic E-state index is -0.362. The predicted octanol–water partition coefficient (Wildman–Crippen LogP) is 2.21. The van der Waals surface area contributed by atoms with Crippen molar-refractivity contribution in [1.82, 2.24) is 0 Å². The minimum Gasteiger partial charge on any atom is -0.231 e. The van der Waals surface area contributed by atoms with Gasteiger partial charge >= 0.3 is 0 Å². The molecular weight excluding hydrogens is 98.0 g/mol. The zero-order chi connectivity index (χ0) is 4.99. The van der Waals surface area contributed by atoms with Crippen LogP contribution in [-0.2, 0) is 0 Å². The second-order valence-electron chi connectivity index (χ2n) is 1.73. The summed E-state index contributed by atoms with van der Waals surface area (Å²) in [6.07, 6.45) is 0.736. The third-order valence-corrected chi connectivity index (χ3v) is 1.46. The molecule has 0 bridgehead atoms. The first-order valence-electron chi connectivity index (χ1n) is 2.11. The maximum absolute atomic E-state index is 11.3. The van der Waals surface area contributed by atoms with Crippen LogP contribution in [0.25, 0.3) is 0 Å². The lowest BCUT2D eigenvalue weighted by Crippen LogP contribution is -1.84. The van der Waals surface area contributed by atoms with Crippen molar-refractivity contribution < 1.29 is 4.20 Å². The summed E-state index contributed by atoms with van der Waals surface area (Å²) in [5, 5.41) is 0. The summed E-state index contributed by atoms with van der Waals surface area (Å²) in [6.45, 7) is 4.04. The van der Waals surface area contributed by atoms with Crippen molar-refractivity contribution in [2.24, 2.45) is 5.92 Å². The molecule has 0 saturated heterocycles. The summed E-state index contributed by atoms with van der Waals surface area (Å²) in [5.41, 5.74) is 0. The van der Waals surface area contributed by atoms with Gasteiger partial charge in [-0.25, -0.2) is 4.20 Å². The Hall–Kier alpha value is 0.360. The molecule has 0 aromatic rings. The molecule has 1 unspecified atom stereocenters. The highest BCUT2D eigenvalue weighted by Gasteiger charge is 1.88. The van der Waals surface area contributed by atoms with Crippen LogP contribution in [0, 0.1) is 5.92 Å². The molecule has 1 atom stereocenters. The standard InChI is InChI=1S/C4H10FP/c1-4(2)3-6-5/h4,6H,3H2,1-2H3. The lowest BCUT2D eigenvalue weighted by atomic mass is 10.3. The van der Waals surface area contributed by atoms with Gasteiger partial charge in [0.05, 0.1) is 8.89 Å². The van der Waals surface area contributed by atoms with Gasteiger partial charge in [0, 0.05) is 0 Å². The van der Waals surface area contributed by atoms with Crippen LogP contribution in [-0.4, -0.2) is 6.16 Å². The molecule has 0 amide bonds. The average molecular weight is 108 g/mol. The van der Waals surface area contributed by atoms with E-state index < -0.39 is 0 Å². The van der Waals surface area contributed by atoms with Gasteiger partial charge in [-0.1, -0.05) is 13.8 Å². The van der Waals surface area contributed by atoms with Crippen molar-refractivity contribution in [3.63, 3.8) is 0 Å². The summed E-state index contributed by atoms with van der Waals surface area (Å²) >= 11 is 0. The van der Waals surface area contributed by atoms with Crippen LogP contribution in [0.3, 0.4) is 0 Å². The Labute approximate surface area is 40.0 Å². The van der Waals surface area contributed by atoms with Crippen LogP contribution in [0.4, 0.5) is 4.20 Å². The molecule has 0 aliphatic rings. The molecule has 0 saturated carbocycles. The molecule has 0 heterocycles. The van der Waals surface area contributed by atoms with Crippen LogP contribution < -0.4 is 0 Å². The Morgan fingerprint density at radius 1 is 1.67 bits per heavy atom. The largest absolute Gasteiger partial charge is 0.231 e. The zero-order valence-electron chi connectivity index (χ0n) is 4.16. The topological polar surface area (TPSA) is 0 Å². The van der Waals surface area contributed by atoms with Gasteiger partial charge in [0.15, 0.2) is 0 Å². The number of hydrogen-bond donors (Lipinski definition) is 0. The van der Waals surface area contributed by atoms with Gasteiger partial charge in [-0.05, 0) is 12.1 Å². The Bertz CT molecular complexity index is 28.7. The van der Waals surface area contributed by atoms with Crippen molar-refractivity contribution in [2.45, 2.75) is 13.8 Å². The van der Waals surface area contributed by atoms with Crippen molar-refractivity contribution in [1.29, 1.82) is 0 Å². The maximum Gasteiger partial charge on any atom is 0.0673 e. The first-order chi connectivity index (χ1) is 2.77. The number of hydrogen-bond acceptors (Lipinski definition) is 0. The lowest BCUT2D eigenvalue weighted by Gasteiger charge is -1.93. The van der Waals surface area contributed by atoms with Gasteiger partial charge in [0.2, 0.25) is 0 Å². The van der Waals surface area contributed by atoms with E-state index >= 15 is 0 Å². The summed E-state index contributed by atoms with van der Waals surface area (Å²) in [7, 11) is -0.362. The first-order valence-corrected chi connectivity index (χ1v) is 3.19. The lowest BCUT2D eigenvalue weighted by molar-refractivity contribution is 0.731. The van der Waals surface area contributed by atoms with Gasteiger partial charge in [-0.2, -0.15) is 0 Å². The molecule has 0 aliphatic carbocycles. The average Bonchev–Trinajstić information content (AvgIpc) is 1.35. The first kappa shape index (κ1) is 6.36. The summed E-state index contributed by atoms with van der Waals surface area (Å²) in [6, 6.07) is 0. The molecule has 0 fully saturated rings. The van der Waals surface area contributed by atoms with E-state index in [1.807, 2.05) is 13.8 Å². The normalized spacial score (nSPS) is 12.0. The molecule has 0 aromatic carbocycles. The van der Waals surface area contributed by atoms with Crippen LogP contribution in [0.1, 0.15) is 13.8 Å². The Morgan fingerprint density at radius 2 is 2.17 bits per heavy atom. The predicted molar refractivity (Wildman–Crippen MR) is 29.1 cm³/mol. The fourth-order valence-corrected chi connectivity index (χ4v) is 0.463. The van der Waals surface area contributed by atoms with Crippen molar-refractivity contribution in [2.75, 3.05) is 6.16 Å². The van der Waals surface area contributed by atoms with E-state index in [9.17, 15) is 4.20 Å². The van der Waals surface area contributed by atoms with E-state index in [1.165, 1.54) is 0 Å². The molecular formula is C4H10FP. The fraction of sp³-hybridized carbons (Fsp3) is 1.00. The smallest absolute Gasteiger partial charge is 0.0673 e. The second-order valence-corrected chi connectivity index (χ2v) is 2.41. The Balaban J connectivity index is 2.63. The molecule has 38 valence electrons. The van der Waals surface area contributed by atoms with Crippen LogP contribution in [0.15, 0.2) is 0 Å². The zero-order valence-corrected chi connectivity index (χ0v) is 5.16.